The molecule has 50 heavy (non-hydrogen) atoms. The zero-order valence-corrected chi connectivity index (χ0v) is 29.7. The molecule has 1 aliphatic carbocycles. The van der Waals surface area contributed by atoms with Gasteiger partial charge in [0, 0.05) is 29.9 Å². The van der Waals surface area contributed by atoms with Crippen molar-refractivity contribution in [3.05, 3.63) is 70.8 Å². The van der Waals surface area contributed by atoms with E-state index in [1.165, 1.54) is 32.4 Å². The molecule has 12 nitrogen and oxygen atoms in total. The SMILES string of the molecule is COC(=O)COc1cc(C)c(-c2cc3c(N[C@H]4CC[C@H](NC(=O)OC(C)(C)C)CC4)c(C(N)=Nc4cc(F)ccc4Cl)cnn3c2)cc1OC. The van der Waals surface area contributed by atoms with Crippen LogP contribution in [-0.4, -0.2) is 66.0 Å². The summed E-state index contributed by atoms with van der Waals surface area (Å²) in [7, 11) is 2.82. The van der Waals surface area contributed by atoms with Crippen molar-refractivity contribution in [3.63, 3.8) is 0 Å². The van der Waals surface area contributed by atoms with E-state index in [1.807, 2.05) is 46.0 Å². The highest BCUT2D eigenvalue weighted by atomic mass is 35.5. The Morgan fingerprint density at radius 1 is 1.08 bits per heavy atom. The molecule has 0 atom stereocenters. The number of ether oxygens (including phenoxy) is 4. The van der Waals surface area contributed by atoms with Gasteiger partial charge in [0.2, 0.25) is 0 Å². The smallest absolute Gasteiger partial charge is 0.407 e. The van der Waals surface area contributed by atoms with Crippen LogP contribution < -0.4 is 25.8 Å². The number of amidine groups is 1. The van der Waals surface area contributed by atoms with Crippen LogP contribution in [0.1, 0.15) is 57.6 Å². The molecular weight excluding hydrogens is 667 g/mol. The van der Waals surface area contributed by atoms with Gasteiger partial charge in [-0.2, -0.15) is 5.10 Å². The Labute approximate surface area is 295 Å². The number of halogens is 2. The number of amides is 1. The number of benzene rings is 2. The van der Waals surface area contributed by atoms with Crippen LogP contribution in [0.2, 0.25) is 5.02 Å². The summed E-state index contributed by atoms with van der Waals surface area (Å²) >= 11 is 6.32. The molecular formula is C36H42ClFN6O6. The number of fused-ring (bicyclic) bond motifs is 1. The Morgan fingerprint density at radius 2 is 1.80 bits per heavy atom. The van der Waals surface area contributed by atoms with E-state index in [9.17, 15) is 14.0 Å². The summed E-state index contributed by atoms with van der Waals surface area (Å²) in [6.07, 6.45) is 6.08. The number of alkyl carbamates (subject to hydrolysis) is 1. The lowest BCUT2D eigenvalue weighted by Gasteiger charge is -2.31. The first-order chi connectivity index (χ1) is 23.7. The maximum absolute atomic E-state index is 14.1. The van der Waals surface area contributed by atoms with Gasteiger partial charge in [0.25, 0.3) is 0 Å². The van der Waals surface area contributed by atoms with Gasteiger partial charge < -0.3 is 35.3 Å². The van der Waals surface area contributed by atoms with Crippen LogP contribution in [0.25, 0.3) is 16.6 Å². The first kappa shape index (κ1) is 36.2. The highest BCUT2D eigenvalue weighted by Crippen LogP contribution is 2.38. The van der Waals surface area contributed by atoms with E-state index in [2.05, 4.69) is 20.7 Å². The number of rotatable bonds is 10. The molecule has 14 heteroatoms. The van der Waals surface area contributed by atoms with Crippen molar-refractivity contribution in [1.29, 1.82) is 0 Å². The third kappa shape index (κ3) is 8.75. The van der Waals surface area contributed by atoms with Crippen molar-refractivity contribution < 1.29 is 32.9 Å². The van der Waals surface area contributed by atoms with Gasteiger partial charge in [-0.3, -0.25) is 0 Å². The molecule has 1 saturated carbocycles. The van der Waals surface area contributed by atoms with Gasteiger partial charge >= 0.3 is 12.1 Å². The number of carbonyl (C=O) groups excluding carboxylic acids is 2. The highest BCUT2D eigenvalue weighted by Gasteiger charge is 2.27. The summed E-state index contributed by atoms with van der Waals surface area (Å²) in [6, 6.07) is 9.54. The van der Waals surface area contributed by atoms with E-state index in [0.29, 0.717) is 22.7 Å². The lowest BCUT2D eigenvalue weighted by atomic mass is 9.91. The average molecular weight is 709 g/mol. The van der Waals surface area contributed by atoms with Gasteiger partial charge in [0.05, 0.1) is 47.9 Å². The Hall–Kier alpha value is -5.04. The minimum atomic E-state index is -0.580. The Balaban J connectivity index is 1.49. The van der Waals surface area contributed by atoms with Crippen molar-refractivity contribution in [3.8, 4) is 22.6 Å². The van der Waals surface area contributed by atoms with E-state index >= 15 is 0 Å². The number of nitrogens with two attached hydrogens (primary N) is 1. The van der Waals surface area contributed by atoms with E-state index in [-0.39, 0.29) is 35.2 Å². The standard InChI is InChI=1S/C36H42ClFN6O6/c1-20-13-31(49-19-32(45)48-6)30(47-5)16-25(20)21-14-29-33(41-23-8-10-24(11-9-23)42-35(46)50-36(2,3)4)26(17-40-44(29)18-21)34(39)43-28-15-22(38)7-12-27(28)37/h7,12-18,23-24,41H,8-11,19H2,1-6H3,(H2,39,43)(H,42,46)/t23-,24-. The number of aliphatic imine (C=N–C) groups is 1. The molecule has 4 N–H and O–H groups in total. The number of esters is 1. The Bertz CT molecular complexity index is 1920. The molecule has 2 aromatic heterocycles. The van der Waals surface area contributed by atoms with Gasteiger partial charge in [0.1, 0.15) is 17.3 Å². The summed E-state index contributed by atoms with van der Waals surface area (Å²) in [5.41, 5.74) is 10.7. The lowest BCUT2D eigenvalue weighted by molar-refractivity contribution is -0.142. The molecule has 2 aromatic carbocycles. The van der Waals surface area contributed by atoms with Gasteiger partial charge in [-0.15, -0.1) is 0 Å². The van der Waals surface area contributed by atoms with Crippen LogP contribution in [0.4, 0.5) is 20.6 Å². The van der Waals surface area contributed by atoms with Crippen LogP contribution >= 0.6 is 11.6 Å². The van der Waals surface area contributed by atoms with Crippen molar-refractivity contribution >= 4 is 46.4 Å². The molecule has 2 heterocycles. The fraction of sp³-hybridized carbons (Fsp3) is 0.389. The van der Waals surface area contributed by atoms with Gasteiger partial charge in [-0.25, -0.2) is 23.5 Å². The maximum atomic E-state index is 14.1. The summed E-state index contributed by atoms with van der Waals surface area (Å²) in [6.45, 7) is 7.17. The molecule has 0 spiro atoms. The predicted octanol–water partition coefficient (Wildman–Crippen LogP) is 6.95. The molecule has 0 bridgehead atoms. The van der Waals surface area contributed by atoms with E-state index in [1.54, 1.807) is 16.8 Å². The van der Waals surface area contributed by atoms with Crippen LogP contribution in [0.15, 0.2) is 53.8 Å². The van der Waals surface area contributed by atoms with Crippen LogP contribution in [-0.2, 0) is 14.3 Å². The summed E-state index contributed by atoms with van der Waals surface area (Å²) in [5, 5.41) is 11.6. The Kier molecular flexibility index (Phi) is 11.0. The van der Waals surface area contributed by atoms with E-state index < -0.39 is 23.5 Å². The molecule has 4 aromatic rings. The topological polar surface area (TPSA) is 151 Å². The van der Waals surface area contributed by atoms with E-state index in [0.717, 1.165) is 47.9 Å². The third-order valence-electron chi connectivity index (χ3n) is 8.25. The number of nitrogens with zero attached hydrogens (tertiary/aromatic N) is 3. The fourth-order valence-corrected chi connectivity index (χ4v) is 5.97. The number of carbonyl (C=O) groups is 2. The monoisotopic (exact) mass is 708 g/mol. The average Bonchev–Trinajstić information content (AvgIpc) is 3.50. The molecule has 0 saturated heterocycles. The number of methoxy groups -OCH3 is 2. The summed E-state index contributed by atoms with van der Waals surface area (Å²) in [4.78, 5) is 28.5. The number of aromatic nitrogens is 2. The number of hydrogen-bond donors (Lipinski definition) is 3. The highest BCUT2D eigenvalue weighted by molar-refractivity contribution is 6.33. The normalized spacial score (nSPS) is 16.5. The largest absolute Gasteiger partial charge is 0.493 e. The summed E-state index contributed by atoms with van der Waals surface area (Å²) < 4.78 is 37.2. The fourth-order valence-electron chi connectivity index (χ4n) is 5.81. The molecule has 1 fully saturated rings. The van der Waals surface area contributed by atoms with Crippen molar-refractivity contribution in [2.45, 2.75) is 71.1 Å². The zero-order valence-electron chi connectivity index (χ0n) is 28.9. The van der Waals surface area contributed by atoms with Gasteiger partial charge in [0.15, 0.2) is 18.1 Å². The number of hydrogen-bond acceptors (Lipinski definition) is 9. The summed E-state index contributed by atoms with van der Waals surface area (Å²) in [5.74, 6) is -0.0553. The number of anilines is 1. The maximum Gasteiger partial charge on any atom is 0.407 e. The van der Waals surface area contributed by atoms with Crippen LogP contribution in [0, 0.1) is 12.7 Å². The van der Waals surface area contributed by atoms with Gasteiger partial charge in [-0.1, -0.05) is 11.6 Å². The van der Waals surface area contributed by atoms with Crippen molar-refractivity contribution in [2.75, 3.05) is 26.1 Å². The van der Waals surface area contributed by atoms with Crippen molar-refractivity contribution in [2.24, 2.45) is 10.7 Å². The second kappa shape index (κ2) is 15.2. The molecule has 1 aliphatic rings. The second-order valence-corrected chi connectivity index (χ2v) is 13.5. The van der Waals surface area contributed by atoms with Crippen LogP contribution in [0.3, 0.4) is 0 Å². The minimum absolute atomic E-state index is 0.0148. The first-order valence-electron chi connectivity index (χ1n) is 16.2. The first-order valence-corrected chi connectivity index (χ1v) is 16.6. The van der Waals surface area contributed by atoms with Crippen LogP contribution in [0.5, 0.6) is 11.5 Å². The molecule has 0 aliphatic heterocycles. The second-order valence-electron chi connectivity index (χ2n) is 13.1. The minimum Gasteiger partial charge on any atom is -0.493 e. The molecule has 0 unspecified atom stereocenters. The number of nitrogens with one attached hydrogen (secondary N) is 2. The van der Waals surface area contributed by atoms with E-state index in [4.69, 9.17) is 36.3 Å². The molecule has 0 radical (unpaired) electrons. The molecule has 5 rings (SSSR count). The molecule has 266 valence electrons. The predicted molar refractivity (Wildman–Crippen MR) is 190 cm³/mol. The quantitative estimate of drug-likeness (QED) is 0.0904. The molecule has 1 amide bonds. The Morgan fingerprint density at radius 3 is 2.48 bits per heavy atom. The number of aryl methyl sites for hydroxylation is 1. The third-order valence-corrected chi connectivity index (χ3v) is 8.57. The lowest BCUT2D eigenvalue weighted by Crippen LogP contribution is -2.42. The van der Waals surface area contributed by atoms with Gasteiger partial charge in [-0.05, 0) is 94.8 Å². The van der Waals surface area contributed by atoms with Crippen molar-refractivity contribution in [1.82, 2.24) is 14.9 Å². The zero-order chi connectivity index (χ0) is 36.2.